The molecule has 19 heavy (non-hydrogen) atoms. The summed E-state index contributed by atoms with van der Waals surface area (Å²) in [5, 5.41) is 0. The third kappa shape index (κ3) is 4.27. The molecule has 1 heterocycles. The van der Waals surface area contributed by atoms with Gasteiger partial charge >= 0.3 is 0 Å². The van der Waals surface area contributed by atoms with Crippen molar-refractivity contribution in [2.24, 2.45) is 0 Å². The molecule has 1 fully saturated rings. The van der Waals surface area contributed by atoms with Crippen LogP contribution >= 0.6 is 24.8 Å². The molecule has 0 aromatic heterocycles. The van der Waals surface area contributed by atoms with Gasteiger partial charge in [-0.2, -0.15) is 0 Å². The molecule has 1 aliphatic rings. The third-order valence-corrected chi connectivity index (χ3v) is 3.25. The van der Waals surface area contributed by atoms with Crippen molar-refractivity contribution in [3.8, 4) is 0 Å². The molecule has 2 N–H and O–H groups in total. The van der Waals surface area contributed by atoms with Crippen LogP contribution < -0.4 is 5.73 Å². The van der Waals surface area contributed by atoms with E-state index in [9.17, 15) is 4.79 Å². The molecule has 1 amide bonds. The first-order chi connectivity index (χ1) is 8.08. The Labute approximate surface area is 126 Å². The summed E-state index contributed by atoms with van der Waals surface area (Å²) in [6.45, 7) is 4.75. The van der Waals surface area contributed by atoms with Crippen LogP contribution in [0.3, 0.4) is 0 Å². The topological polar surface area (TPSA) is 49.6 Å². The smallest absolute Gasteiger partial charge is 0.254 e. The van der Waals surface area contributed by atoms with Gasteiger partial charge in [-0.3, -0.25) is 4.79 Å². The Morgan fingerprint density at radius 2 is 1.79 bits per heavy atom. The quantitative estimate of drug-likeness (QED) is 0.806. The number of nitrogens with zero attached hydrogens (tertiary/aromatic N) is 2. The summed E-state index contributed by atoms with van der Waals surface area (Å²) < 4.78 is 0. The Bertz CT molecular complexity index is 411. The number of hydrogen-bond acceptors (Lipinski definition) is 3. The number of hydrogen-bond donors (Lipinski definition) is 1. The number of benzene rings is 1. The van der Waals surface area contributed by atoms with Crippen LogP contribution in [0, 0.1) is 0 Å². The standard InChI is InChI=1S/C13H19N3O.2ClH/c1-10-9-15(2)7-8-16(10)13(17)11-3-5-12(14)6-4-11;;/h3-6,10H,7-9,14H2,1-2H3;2*1H. The molecular formula is C13H21Cl2N3O. The van der Waals surface area contributed by atoms with Crippen molar-refractivity contribution in [2.75, 3.05) is 32.4 Å². The van der Waals surface area contributed by atoms with Crippen molar-refractivity contribution in [2.45, 2.75) is 13.0 Å². The van der Waals surface area contributed by atoms with Crippen LogP contribution in [0.4, 0.5) is 5.69 Å². The fourth-order valence-corrected chi connectivity index (χ4v) is 2.23. The van der Waals surface area contributed by atoms with Gasteiger partial charge in [-0.25, -0.2) is 0 Å². The molecule has 0 spiro atoms. The van der Waals surface area contributed by atoms with E-state index in [0.717, 1.165) is 25.2 Å². The van der Waals surface area contributed by atoms with E-state index in [1.807, 2.05) is 4.90 Å². The first kappa shape index (κ1) is 18.0. The van der Waals surface area contributed by atoms with Gasteiger partial charge in [0.1, 0.15) is 0 Å². The van der Waals surface area contributed by atoms with E-state index in [0.29, 0.717) is 5.69 Å². The van der Waals surface area contributed by atoms with E-state index in [-0.39, 0.29) is 36.8 Å². The van der Waals surface area contributed by atoms with Gasteiger partial charge in [-0.1, -0.05) is 0 Å². The number of piperazine rings is 1. The SMILES string of the molecule is CC1CN(C)CCN1C(=O)c1ccc(N)cc1.Cl.Cl. The summed E-state index contributed by atoms with van der Waals surface area (Å²) in [5.41, 5.74) is 7.03. The molecule has 0 saturated carbocycles. The lowest BCUT2D eigenvalue weighted by Crippen LogP contribution is -2.52. The van der Waals surface area contributed by atoms with Crippen molar-refractivity contribution in [1.29, 1.82) is 0 Å². The molecule has 108 valence electrons. The molecule has 1 unspecified atom stereocenters. The second kappa shape index (κ2) is 7.58. The molecular weight excluding hydrogens is 285 g/mol. The Kier molecular flexibility index (Phi) is 7.19. The lowest BCUT2D eigenvalue weighted by molar-refractivity contribution is 0.0533. The minimum absolute atomic E-state index is 0. The predicted octanol–water partition coefficient (Wildman–Crippen LogP) is 1.89. The number of anilines is 1. The van der Waals surface area contributed by atoms with Gasteiger partial charge in [0, 0.05) is 36.9 Å². The van der Waals surface area contributed by atoms with E-state index < -0.39 is 0 Å². The zero-order valence-electron chi connectivity index (χ0n) is 11.2. The highest BCUT2D eigenvalue weighted by molar-refractivity contribution is 5.94. The van der Waals surface area contributed by atoms with Crippen LogP contribution in [-0.2, 0) is 0 Å². The number of nitrogen functional groups attached to an aromatic ring is 1. The lowest BCUT2D eigenvalue weighted by atomic mass is 10.1. The highest BCUT2D eigenvalue weighted by atomic mass is 35.5. The van der Waals surface area contributed by atoms with Crippen LogP contribution in [0.15, 0.2) is 24.3 Å². The maximum Gasteiger partial charge on any atom is 0.254 e. The molecule has 0 aliphatic carbocycles. The summed E-state index contributed by atoms with van der Waals surface area (Å²) in [4.78, 5) is 16.5. The molecule has 1 aromatic carbocycles. The number of rotatable bonds is 1. The van der Waals surface area contributed by atoms with Crippen molar-refractivity contribution in [3.63, 3.8) is 0 Å². The number of carbonyl (C=O) groups is 1. The van der Waals surface area contributed by atoms with Crippen LogP contribution in [0.5, 0.6) is 0 Å². The first-order valence-electron chi connectivity index (χ1n) is 5.93. The number of amides is 1. The molecule has 1 aliphatic heterocycles. The van der Waals surface area contributed by atoms with Crippen LogP contribution in [0.2, 0.25) is 0 Å². The van der Waals surface area contributed by atoms with E-state index in [1.165, 1.54) is 0 Å². The highest BCUT2D eigenvalue weighted by Crippen LogP contribution is 2.14. The molecule has 0 radical (unpaired) electrons. The zero-order chi connectivity index (χ0) is 12.4. The van der Waals surface area contributed by atoms with E-state index in [4.69, 9.17) is 5.73 Å². The van der Waals surface area contributed by atoms with Gasteiger partial charge in [0.05, 0.1) is 0 Å². The first-order valence-corrected chi connectivity index (χ1v) is 5.93. The van der Waals surface area contributed by atoms with Gasteiger partial charge < -0.3 is 15.5 Å². The fraction of sp³-hybridized carbons (Fsp3) is 0.462. The van der Waals surface area contributed by atoms with E-state index in [1.54, 1.807) is 24.3 Å². The largest absolute Gasteiger partial charge is 0.399 e. The van der Waals surface area contributed by atoms with Crippen molar-refractivity contribution in [1.82, 2.24) is 9.80 Å². The molecule has 1 saturated heterocycles. The summed E-state index contributed by atoms with van der Waals surface area (Å²) >= 11 is 0. The van der Waals surface area contributed by atoms with Gasteiger partial charge in [0.25, 0.3) is 5.91 Å². The minimum Gasteiger partial charge on any atom is -0.399 e. The fourth-order valence-electron chi connectivity index (χ4n) is 2.23. The number of carbonyl (C=O) groups excluding carboxylic acids is 1. The summed E-state index contributed by atoms with van der Waals surface area (Å²) in [5.74, 6) is 0.102. The van der Waals surface area contributed by atoms with Crippen molar-refractivity contribution < 1.29 is 4.79 Å². The molecule has 6 heteroatoms. The molecule has 2 rings (SSSR count). The summed E-state index contributed by atoms with van der Waals surface area (Å²) in [6.07, 6.45) is 0. The summed E-state index contributed by atoms with van der Waals surface area (Å²) in [6, 6.07) is 7.40. The Balaban J connectivity index is 0.00000162. The second-order valence-electron chi connectivity index (χ2n) is 4.73. The molecule has 1 atom stereocenters. The lowest BCUT2D eigenvalue weighted by Gasteiger charge is -2.38. The maximum atomic E-state index is 12.3. The zero-order valence-corrected chi connectivity index (χ0v) is 12.8. The second-order valence-corrected chi connectivity index (χ2v) is 4.73. The van der Waals surface area contributed by atoms with Crippen molar-refractivity contribution in [3.05, 3.63) is 29.8 Å². The average Bonchev–Trinajstić information content (AvgIpc) is 2.29. The van der Waals surface area contributed by atoms with Gasteiger partial charge in [0.2, 0.25) is 0 Å². The van der Waals surface area contributed by atoms with Gasteiger partial charge in [-0.15, -0.1) is 24.8 Å². The number of nitrogens with two attached hydrogens (primary N) is 1. The van der Waals surface area contributed by atoms with Crippen LogP contribution in [0.25, 0.3) is 0 Å². The van der Waals surface area contributed by atoms with E-state index in [2.05, 4.69) is 18.9 Å². The minimum atomic E-state index is 0. The maximum absolute atomic E-state index is 12.3. The predicted molar refractivity (Wildman–Crippen MR) is 83.3 cm³/mol. The Morgan fingerprint density at radius 3 is 2.32 bits per heavy atom. The van der Waals surface area contributed by atoms with Crippen molar-refractivity contribution >= 4 is 36.4 Å². The van der Waals surface area contributed by atoms with Crippen LogP contribution in [-0.4, -0.2) is 48.4 Å². The third-order valence-electron chi connectivity index (χ3n) is 3.25. The Hall–Kier alpha value is -0.970. The molecule has 0 bridgehead atoms. The highest BCUT2D eigenvalue weighted by Gasteiger charge is 2.26. The normalized spacial score (nSPS) is 19.3. The Morgan fingerprint density at radius 1 is 1.21 bits per heavy atom. The molecule has 4 nitrogen and oxygen atoms in total. The monoisotopic (exact) mass is 305 g/mol. The molecule has 1 aromatic rings. The van der Waals surface area contributed by atoms with Gasteiger partial charge in [-0.05, 0) is 38.2 Å². The number of likely N-dealkylation sites (N-methyl/N-ethyl adjacent to an activating group) is 1. The summed E-state index contributed by atoms with van der Waals surface area (Å²) in [7, 11) is 2.08. The average molecular weight is 306 g/mol. The number of halogens is 2. The van der Waals surface area contributed by atoms with Gasteiger partial charge in [0.15, 0.2) is 0 Å². The van der Waals surface area contributed by atoms with Crippen LogP contribution in [0.1, 0.15) is 17.3 Å². The van der Waals surface area contributed by atoms with E-state index >= 15 is 0 Å².